The predicted octanol–water partition coefficient (Wildman–Crippen LogP) is 5.41. The summed E-state index contributed by atoms with van der Waals surface area (Å²) < 4.78 is 2.11. The van der Waals surface area contributed by atoms with Crippen molar-refractivity contribution in [3.05, 3.63) is 107 Å². The summed E-state index contributed by atoms with van der Waals surface area (Å²) in [6.45, 7) is 2.03. The maximum atomic E-state index is 6.14. The number of halogens is 1. The molecule has 7 heteroatoms. The van der Waals surface area contributed by atoms with E-state index in [1.807, 2.05) is 80.1 Å². The van der Waals surface area contributed by atoms with Crippen molar-refractivity contribution in [2.24, 2.45) is 0 Å². The van der Waals surface area contributed by atoms with Crippen LogP contribution < -0.4 is 10.2 Å². The lowest BCUT2D eigenvalue weighted by molar-refractivity contribution is 0.548. The monoisotopic (exact) mass is 445 g/mol. The lowest BCUT2D eigenvalue weighted by atomic mass is 10.0. The van der Waals surface area contributed by atoms with Crippen molar-refractivity contribution in [2.75, 3.05) is 4.90 Å². The second-order valence-electron chi connectivity index (χ2n) is 7.47. The Hall–Kier alpha value is -3.22. The van der Waals surface area contributed by atoms with E-state index in [4.69, 9.17) is 23.8 Å². The summed E-state index contributed by atoms with van der Waals surface area (Å²) in [7, 11) is 0. The molecule has 4 aromatic rings. The molecule has 5 rings (SSSR count). The highest BCUT2D eigenvalue weighted by Gasteiger charge is 2.42. The van der Waals surface area contributed by atoms with Crippen molar-refractivity contribution >= 4 is 34.6 Å². The van der Waals surface area contributed by atoms with Crippen molar-refractivity contribution in [1.82, 2.24) is 19.9 Å². The van der Waals surface area contributed by atoms with Crippen molar-refractivity contribution in [3.8, 4) is 5.82 Å². The van der Waals surface area contributed by atoms with E-state index in [-0.39, 0.29) is 12.1 Å². The summed E-state index contributed by atoms with van der Waals surface area (Å²) in [5.74, 6) is 0.860. The van der Waals surface area contributed by atoms with Crippen LogP contribution >= 0.6 is 23.8 Å². The smallest absolute Gasteiger partial charge is 0.174 e. The van der Waals surface area contributed by atoms with Gasteiger partial charge < -0.3 is 14.8 Å². The minimum atomic E-state index is -0.123. The van der Waals surface area contributed by atoms with Crippen LogP contribution in [-0.4, -0.2) is 19.6 Å². The van der Waals surface area contributed by atoms with Gasteiger partial charge in [0.1, 0.15) is 11.9 Å². The van der Waals surface area contributed by atoms with Crippen LogP contribution in [0.3, 0.4) is 0 Å². The maximum Gasteiger partial charge on any atom is 0.174 e. The van der Waals surface area contributed by atoms with E-state index in [9.17, 15) is 0 Å². The molecule has 1 aromatic carbocycles. The minimum absolute atomic E-state index is 0.122. The first-order valence-electron chi connectivity index (χ1n) is 9.98. The zero-order valence-corrected chi connectivity index (χ0v) is 18.4. The van der Waals surface area contributed by atoms with E-state index >= 15 is 0 Å². The van der Waals surface area contributed by atoms with Crippen LogP contribution in [-0.2, 0) is 0 Å². The molecular weight excluding hydrogens is 426 g/mol. The third-order valence-corrected chi connectivity index (χ3v) is 6.00. The molecule has 1 fully saturated rings. The van der Waals surface area contributed by atoms with Crippen LogP contribution in [0.4, 0.5) is 5.69 Å². The lowest BCUT2D eigenvalue weighted by Gasteiger charge is -2.28. The summed E-state index contributed by atoms with van der Waals surface area (Å²) in [4.78, 5) is 11.4. The summed E-state index contributed by atoms with van der Waals surface area (Å²) in [5, 5.41) is 4.82. The van der Waals surface area contributed by atoms with Gasteiger partial charge in [-0.25, -0.2) is 4.98 Å². The largest absolute Gasteiger partial charge is 0.351 e. The minimum Gasteiger partial charge on any atom is -0.351 e. The number of thiocarbonyl (C=S) groups is 1. The second-order valence-corrected chi connectivity index (χ2v) is 8.29. The molecule has 1 aliphatic rings. The number of nitrogens with zero attached hydrogens (tertiary/aromatic N) is 4. The van der Waals surface area contributed by atoms with Gasteiger partial charge in [0, 0.05) is 35.0 Å². The fraction of sp³-hybridized carbons (Fsp3) is 0.125. The molecule has 0 saturated carbocycles. The average molecular weight is 446 g/mol. The summed E-state index contributed by atoms with van der Waals surface area (Å²) in [6, 6.07) is 21.7. The van der Waals surface area contributed by atoms with Gasteiger partial charge in [-0.05, 0) is 79.3 Å². The van der Waals surface area contributed by atoms with Gasteiger partial charge in [-0.1, -0.05) is 23.7 Å². The second kappa shape index (κ2) is 8.13. The molecule has 154 valence electrons. The van der Waals surface area contributed by atoms with E-state index in [0.717, 1.165) is 28.5 Å². The number of aromatic nitrogens is 3. The molecule has 1 N–H and O–H groups in total. The summed E-state index contributed by atoms with van der Waals surface area (Å²) >= 11 is 11.9. The van der Waals surface area contributed by atoms with Crippen molar-refractivity contribution in [3.63, 3.8) is 0 Å². The first-order chi connectivity index (χ1) is 15.1. The van der Waals surface area contributed by atoms with Crippen LogP contribution in [0.25, 0.3) is 5.82 Å². The first kappa shape index (κ1) is 19.7. The third-order valence-electron chi connectivity index (χ3n) is 5.43. The molecule has 0 amide bonds. The molecule has 0 radical (unpaired) electrons. The van der Waals surface area contributed by atoms with Gasteiger partial charge in [-0.3, -0.25) is 4.98 Å². The fourth-order valence-corrected chi connectivity index (χ4v) is 4.45. The Bertz CT molecular complexity index is 1200. The molecule has 1 aliphatic heterocycles. The van der Waals surface area contributed by atoms with Crippen LogP contribution in [0.1, 0.15) is 29.0 Å². The number of pyridine rings is 2. The Balaban J connectivity index is 1.66. The van der Waals surface area contributed by atoms with Gasteiger partial charge in [0.05, 0.1) is 11.7 Å². The Kier molecular flexibility index (Phi) is 5.18. The number of anilines is 1. The van der Waals surface area contributed by atoms with Gasteiger partial charge in [0.25, 0.3) is 0 Å². The van der Waals surface area contributed by atoms with Crippen LogP contribution in [0.2, 0.25) is 5.02 Å². The molecule has 0 bridgehead atoms. The van der Waals surface area contributed by atoms with Gasteiger partial charge in [-0.15, -0.1) is 0 Å². The van der Waals surface area contributed by atoms with Crippen molar-refractivity contribution < 1.29 is 0 Å². The molecule has 5 nitrogen and oxygen atoms in total. The quantitative estimate of drug-likeness (QED) is 0.426. The van der Waals surface area contributed by atoms with E-state index < -0.39 is 0 Å². The molecule has 2 atom stereocenters. The normalized spacial score (nSPS) is 18.3. The topological polar surface area (TPSA) is 46.0 Å². The number of hydrogen-bond donors (Lipinski definition) is 1. The van der Waals surface area contributed by atoms with E-state index in [0.29, 0.717) is 10.1 Å². The van der Waals surface area contributed by atoms with Crippen LogP contribution in [0.15, 0.2) is 85.3 Å². The maximum absolute atomic E-state index is 6.14. The van der Waals surface area contributed by atoms with E-state index in [2.05, 4.69) is 36.9 Å². The molecule has 4 heterocycles. The highest BCUT2D eigenvalue weighted by Crippen LogP contribution is 2.42. The third kappa shape index (κ3) is 3.69. The standard InChI is InChI=1S/C24H20ClN5S/c1-16-7-12-21(27-15-16)29-14-4-6-20(29)23-22(19-5-2-3-13-26-19)28-24(31)30(23)18-10-8-17(25)9-11-18/h2-15,22-23H,1H3,(H,28,31)/t22-,23+/m0/s1. The first-order valence-corrected chi connectivity index (χ1v) is 10.8. The fourth-order valence-electron chi connectivity index (χ4n) is 3.98. The van der Waals surface area contributed by atoms with Gasteiger partial charge >= 0.3 is 0 Å². The van der Waals surface area contributed by atoms with Gasteiger partial charge in [0.2, 0.25) is 0 Å². The van der Waals surface area contributed by atoms with Crippen LogP contribution in [0.5, 0.6) is 0 Å². The van der Waals surface area contributed by atoms with E-state index in [1.54, 1.807) is 0 Å². The Morgan fingerprint density at radius 1 is 0.968 bits per heavy atom. The molecule has 0 unspecified atom stereocenters. The van der Waals surface area contributed by atoms with Gasteiger partial charge in [0.15, 0.2) is 5.11 Å². The van der Waals surface area contributed by atoms with Gasteiger partial charge in [-0.2, -0.15) is 0 Å². The molecule has 0 spiro atoms. The number of rotatable bonds is 4. The molecule has 0 aliphatic carbocycles. The number of nitrogens with one attached hydrogen (secondary N) is 1. The number of hydrogen-bond acceptors (Lipinski definition) is 3. The Morgan fingerprint density at radius 2 is 1.81 bits per heavy atom. The molecular formula is C24H20ClN5S. The zero-order valence-electron chi connectivity index (χ0n) is 16.8. The van der Waals surface area contributed by atoms with E-state index in [1.165, 1.54) is 0 Å². The van der Waals surface area contributed by atoms with Crippen molar-refractivity contribution in [2.45, 2.75) is 19.0 Å². The van der Waals surface area contributed by atoms with Crippen molar-refractivity contribution in [1.29, 1.82) is 0 Å². The summed E-state index contributed by atoms with van der Waals surface area (Å²) in [6.07, 6.45) is 5.72. The number of aryl methyl sites for hydroxylation is 1. The zero-order chi connectivity index (χ0) is 21.4. The number of benzene rings is 1. The van der Waals surface area contributed by atoms with Crippen LogP contribution in [0, 0.1) is 6.92 Å². The predicted molar refractivity (Wildman–Crippen MR) is 128 cm³/mol. The average Bonchev–Trinajstić information content (AvgIpc) is 3.40. The highest BCUT2D eigenvalue weighted by atomic mass is 35.5. The Labute approximate surface area is 191 Å². The molecule has 1 saturated heterocycles. The summed E-state index contributed by atoms with van der Waals surface area (Å²) in [5.41, 5.74) is 4.08. The SMILES string of the molecule is Cc1ccc(-n2cccc2[C@@H]2[C@H](c3ccccn3)NC(=S)N2c2ccc(Cl)cc2)nc1. The molecule has 3 aromatic heterocycles. The highest BCUT2D eigenvalue weighted by molar-refractivity contribution is 7.80. The Morgan fingerprint density at radius 3 is 2.52 bits per heavy atom. The molecule has 31 heavy (non-hydrogen) atoms. The lowest BCUT2D eigenvalue weighted by Crippen LogP contribution is -2.30.